The molecule has 18 heavy (non-hydrogen) atoms. The van der Waals surface area contributed by atoms with Crippen molar-refractivity contribution >= 4 is 0 Å². The smallest absolute Gasteiger partial charge is 0.165 e. The van der Waals surface area contributed by atoms with Gasteiger partial charge in [0.15, 0.2) is 11.6 Å². The van der Waals surface area contributed by atoms with Gasteiger partial charge in [-0.25, -0.2) is 4.39 Å². The van der Waals surface area contributed by atoms with Crippen LogP contribution >= 0.6 is 0 Å². The maximum atomic E-state index is 13.6. The first kappa shape index (κ1) is 14.5. The predicted octanol–water partition coefficient (Wildman–Crippen LogP) is 3.20. The summed E-state index contributed by atoms with van der Waals surface area (Å²) in [6.07, 6.45) is -0.174. The summed E-state index contributed by atoms with van der Waals surface area (Å²) in [4.78, 5) is 0. The van der Waals surface area contributed by atoms with Gasteiger partial charge in [0.1, 0.15) is 0 Å². The molecule has 0 aliphatic heterocycles. The highest BCUT2D eigenvalue weighted by Crippen LogP contribution is 2.24. The number of hydrogen-bond acceptors (Lipinski definition) is 3. The number of nitriles is 1. The SMILES string of the molecule is C[C@@H](O)c1ccc(OCCC(C)(C)C#N)c(F)c1. The molecular weight excluding hydrogens is 233 g/mol. The summed E-state index contributed by atoms with van der Waals surface area (Å²) < 4.78 is 18.9. The zero-order valence-electron chi connectivity index (χ0n) is 10.9. The van der Waals surface area contributed by atoms with Crippen molar-refractivity contribution in [3.63, 3.8) is 0 Å². The van der Waals surface area contributed by atoms with Crippen LogP contribution in [0.5, 0.6) is 5.75 Å². The number of aliphatic hydroxyl groups is 1. The second kappa shape index (κ2) is 5.83. The highest BCUT2D eigenvalue weighted by atomic mass is 19.1. The van der Waals surface area contributed by atoms with Crippen molar-refractivity contribution in [3.8, 4) is 11.8 Å². The molecule has 1 rings (SSSR count). The molecule has 0 amide bonds. The summed E-state index contributed by atoms with van der Waals surface area (Å²) in [5, 5.41) is 18.1. The summed E-state index contributed by atoms with van der Waals surface area (Å²) in [6.45, 7) is 5.47. The highest BCUT2D eigenvalue weighted by Gasteiger charge is 2.17. The van der Waals surface area contributed by atoms with Gasteiger partial charge < -0.3 is 9.84 Å². The minimum atomic E-state index is -0.703. The Kier molecular flexibility index (Phi) is 4.69. The maximum absolute atomic E-state index is 13.6. The fraction of sp³-hybridized carbons (Fsp3) is 0.500. The second-order valence-corrected chi connectivity index (χ2v) is 4.96. The van der Waals surface area contributed by atoms with Gasteiger partial charge in [-0.3, -0.25) is 0 Å². The third kappa shape index (κ3) is 4.01. The molecule has 1 aromatic carbocycles. The van der Waals surface area contributed by atoms with Crippen molar-refractivity contribution in [2.24, 2.45) is 5.41 Å². The third-order valence-electron chi connectivity index (χ3n) is 2.73. The van der Waals surface area contributed by atoms with Crippen LogP contribution in [0.1, 0.15) is 38.9 Å². The van der Waals surface area contributed by atoms with Gasteiger partial charge in [-0.1, -0.05) is 6.07 Å². The van der Waals surface area contributed by atoms with E-state index in [-0.39, 0.29) is 12.4 Å². The summed E-state index contributed by atoms with van der Waals surface area (Å²) >= 11 is 0. The van der Waals surface area contributed by atoms with E-state index in [1.54, 1.807) is 13.0 Å². The molecule has 1 aromatic rings. The van der Waals surface area contributed by atoms with E-state index >= 15 is 0 Å². The highest BCUT2D eigenvalue weighted by molar-refractivity contribution is 5.30. The van der Waals surface area contributed by atoms with Gasteiger partial charge in [0.2, 0.25) is 0 Å². The lowest BCUT2D eigenvalue weighted by atomic mass is 9.92. The van der Waals surface area contributed by atoms with Gasteiger partial charge in [0, 0.05) is 0 Å². The number of ether oxygens (including phenoxy) is 1. The molecule has 0 aromatic heterocycles. The van der Waals surface area contributed by atoms with Crippen LogP contribution in [0.15, 0.2) is 18.2 Å². The van der Waals surface area contributed by atoms with Gasteiger partial charge in [-0.2, -0.15) is 5.26 Å². The van der Waals surface area contributed by atoms with Gasteiger partial charge in [-0.15, -0.1) is 0 Å². The lowest BCUT2D eigenvalue weighted by Crippen LogP contribution is -2.13. The Morgan fingerprint density at radius 3 is 2.67 bits per heavy atom. The number of nitrogens with zero attached hydrogens (tertiary/aromatic N) is 1. The van der Waals surface area contributed by atoms with Crippen molar-refractivity contribution in [1.82, 2.24) is 0 Å². The normalized spacial score (nSPS) is 12.9. The molecular formula is C14H18FNO2. The lowest BCUT2D eigenvalue weighted by molar-refractivity contribution is 0.198. The molecule has 98 valence electrons. The van der Waals surface area contributed by atoms with Crippen molar-refractivity contribution in [3.05, 3.63) is 29.6 Å². The van der Waals surface area contributed by atoms with E-state index in [9.17, 15) is 9.50 Å². The van der Waals surface area contributed by atoms with Gasteiger partial charge in [-0.05, 0) is 44.9 Å². The van der Waals surface area contributed by atoms with Gasteiger partial charge in [0.05, 0.1) is 24.2 Å². The predicted molar refractivity (Wildman–Crippen MR) is 66.5 cm³/mol. The number of rotatable bonds is 5. The topological polar surface area (TPSA) is 53.2 Å². The first-order valence-electron chi connectivity index (χ1n) is 5.87. The quantitative estimate of drug-likeness (QED) is 0.874. The Morgan fingerprint density at radius 1 is 1.50 bits per heavy atom. The van der Waals surface area contributed by atoms with Crippen LogP contribution in [0.4, 0.5) is 4.39 Å². The molecule has 0 aliphatic rings. The van der Waals surface area contributed by atoms with E-state index in [0.717, 1.165) is 0 Å². The molecule has 0 bridgehead atoms. The second-order valence-electron chi connectivity index (χ2n) is 4.96. The Bertz CT molecular complexity index is 450. The molecule has 0 heterocycles. The van der Waals surface area contributed by atoms with Crippen molar-refractivity contribution in [1.29, 1.82) is 5.26 Å². The minimum Gasteiger partial charge on any atom is -0.490 e. The largest absolute Gasteiger partial charge is 0.490 e. The molecule has 0 fully saturated rings. The van der Waals surface area contributed by atoms with Crippen molar-refractivity contribution < 1.29 is 14.2 Å². The average molecular weight is 251 g/mol. The van der Waals surface area contributed by atoms with Crippen LogP contribution in [0, 0.1) is 22.6 Å². The van der Waals surface area contributed by atoms with Crippen molar-refractivity contribution in [2.75, 3.05) is 6.61 Å². The van der Waals surface area contributed by atoms with Crippen LogP contribution in [0.2, 0.25) is 0 Å². The van der Waals surface area contributed by atoms with Gasteiger partial charge >= 0.3 is 0 Å². The molecule has 1 N–H and O–H groups in total. The van der Waals surface area contributed by atoms with E-state index in [1.165, 1.54) is 12.1 Å². The summed E-state index contributed by atoms with van der Waals surface area (Å²) in [5.74, 6) is -0.351. The van der Waals surface area contributed by atoms with Crippen LogP contribution in [-0.4, -0.2) is 11.7 Å². The van der Waals surface area contributed by atoms with Crippen LogP contribution in [0.25, 0.3) is 0 Å². The summed E-state index contributed by atoms with van der Waals surface area (Å²) in [6, 6.07) is 6.54. The van der Waals surface area contributed by atoms with Crippen LogP contribution < -0.4 is 4.74 Å². The third-order valence-corrected chi connectivity index (χ3v) is 2.73. The number of aliphatic hydroxyl groups excluding tert-OH is 1. The summed E-state index contributed by atoms with van der Waals surface area (Å²) in [7, 11) is 0. The van der Waals surface area contributed by atoms with E-state index in [4.69, 9.17) is 10.00 Å². The molecule has 0 radical (unpaired) electrons. The van der Waals surface area contributed by atoms with E-state index in [2.05, 4.69) is 6.07 Å². The Hall–Kier alpha value is -1.60. The van der Waals surface area contributed by atoms with Crippen LogP contribution in [0.3, 0.4) is 0 Å². The first-order valence-corrected chi connectivity index (χ1v) is 5.87. The van der Waals surface area contributed by atoms with Crippen molar-refractivity contribution in [2.45, 2.75) is 33.3 Å². The average Bonchev–Trinajstić information content (AvgIpc) is 2.31. The molecule has 4 heteroatoms. The number of halogens is 1. The monoisotopic (exact) mass is 251 g/mol. The minimum absolute atomic E-state index is 0.146. The zero-order chi connectivity index (χ0) is 13.8. The first-order chi connectivity index (χ1) is 8.35. The maximum Gasteiger partial charge on any atom is 0.165 e. The lowest BCUT2D eigenvalue weighted by Gasteiger charge is -2.16. The van der Waals surface area contributed by atoms with E-state index < -0.39 is 17.3 Å². The molecule has 0 unspecified atom stereocenters. The molecule has 3 nitrogen and oxygen atoms in total. The fourth-order valence-corrected chi connectivity index (χ4v) is 1.37. The van der Waals surface area contributed by atoms with Crippen LogP contribution in [-0.2, 0) is 0 Å². The molecule has 0 saturated carbocycles. The van der Waals surface area contributed by atoms with E-state index in [0.29, 0.717) is 12.0 Å². The Morgan fingerprint density at radius 2 is 2.17 bits per heavy atom. The molecule has 0 aliphatic carbocycles. The van der Waals surface area contributed by atoms with E-state index in [1.807, 2.05) is 13.8 Å². The standard InChI is InChI=1S/C14H18FNO2/c1-10(17)11-4-5-13(12(15)8-11)18-7-6-14(2,3)9-16/h4-5,8,10,17H,6-7H2,1-3H3/t10-/m1/s1. The summed E-state index contributed by atoms with van der Waals surface area (Å²) in [5.41, 5.74) is 0.0351. The number of benzene rings is 1. The number of hydrogen-bond donors (Lipinski definition) is 1. The Balaban J connectivity index is 2.62. The molecule has 0 spiro atoms. The van der Waals surface area contributed by atoms with Gasteiger partial charge in [0.25, 0.3) is 0 Å². The molecule has 1 atom stereocenters. The molecule has 0 saturated heterocycles. The zero-order valence-corrected chi connectivity index (χ0v) is 10.9. The fourth-order valence-electron chi connectivity index (χ4n) is 1.37. The Labute approximate surface area is 107 Å².